The molecular weight excluding hydrogens is 178 g/mol. The van der Waals surface area contributed by atoms with Crippen molar-refractivity contribution in [3.05, 3.63) is 11.6 Å². The summed E-state index contributed by atoms with van der Waals surface area (Å²) in [6, 6.07) is -0.394. The SMILES string of the molecule is O=C1CN(c2nccs2)C(=O)N1. The van der Waals surface area contributed by atoms with E-state index in [4.69, 9.17) is 0 Å². The predicted molar refractivity (Wildman–Crippen MR) is 43.0 cm³/mol. The molecule has 2 heterocycles. The molecule has 62 valence electrons. The summed E-state index contributed by atoms with van der Waals surface area (Å²) >= 11 is 1.33. The van der Waals surface area contributed by atoms with Crippen LogP contribution >= 0.6 is 11.3 Å². The maximum atomic E-state index is 11.0. The molecule has 1 saturated heterocycles. The fourth-order valence-electron chi connectivity index (χ4n) is 0.945. The zero-order valence-corrected chi connectivity index (χ0v) is 6.80. The molecule has 1 aliphatic rings. The fraction of sp³-hybridized carbons (Fsp3) is 0.167. The lowest BCUT2D eigenvalue weighted by molar-refractivity contribution is -0.117. The second-order valence-electron chi connectivity index (χ2n) is 2.25. The van der Waals surface area contributed by atoms with Crippen LogP contribution in [-0.2, 0) is 4.79 Å². The summed E-state index contributed by atoms with van der Waals surface area (Å²) in [7, 11) is 0. The molecule has 1 aromatic rings. The molecular formula is C6H5N3O2S. The number of aromatic nitrogens is 1. The van der Waals surface area contributed by atoms with Crippen LogP contribution in [0.1, 0.15) is 0 Å². The molecule has 0 bridgehead atoms. The summed E-state index contributed by atoms with van der Waals surface area (Å²) in [6.07, 6.45) is 1.59. The van der Waals surface area contributed by atoms with E-state index in [-0.39, 0.29) is 12.5 Å². The number of nitrogens with one attached hydrogen (secondary N) is 1. The van der Waals surface area contributed by atoms with Crippen molar-refractivity contribution in [1.29, 1.82) is 0 Å². The zero-order valence-electron chi connectivity index (χ0n) is 5.98. The fourth-order valence-corrected chi connectivity index (χ4v) is 1.59. The summed E-state index contributed by atoms with van der Waals surface area (Å²) in [4.78, 5) is 27.0. The number of carbonyl (C=O) groups excluding carboxylic acids is 2. The molecule has 6 heteroatoms. The first-order valence-electron chi connectivity index (χ1n) is 3.28. The molecule has 12 heavy (non-hydrogen) atoms. The van der Waals surface area contributed by atoms with Gasteiger partial charge in [-0.25, -0.2) is 9.78 Å². The maximum Gasteiger partial charge on any atom is 0.330 e. The normalized spacial score (nSPS) is 16.8. The highest BCUT2D eigenvalue weighted by molar-refractivity contribution is 7.13. The van der Waals surface area contributed by atoms with Gasteiger partial charge in [0, 0.05) is 11.6 Å². The van der Waals surface area contributed by atoms with Crippen LogP contribution in [0.4, 0.5) is 9.93 Å². The van der Waals surface area contributed by atoms with E-state index in [2.05, 4.69) is 10.3 Å². The monoisotopic (exact) mass is 183 g/mol. The van der Waals surface area contributed by atoms with Crippen molar-refractivity contribution in [2.45, 2.75) is 0 Å². The first-order chi connectivity index (χ1) is 5.77. The predicted octanol–water partition coefficient (Wildman–Crippen LogP) is 0.199. The van der Waals surface area contributed by atoms with Crippen molar-refractivity contribution < 1.29 is 9.59 Å². The molecule has 0 aliphatic carbocycles. The molecule has 3 amide bonds. The molecule has 1 aromatic heterocycles. The van der Waals surface area contributed by atoms with Gasteiger partial charge < -0.3 is 0 Å². The number of urea groups is 1. The van der Waals surface area contributed by atoms with Gasteiger partial charge in [0.2, 0.25) is 5.91 Å². The molecule has 0 radical (unpaired) electrons. The first kappa shape index (κ1) is 7.23. The number of nitrogens with zero attached hydrogens (tertiary/aromatic N) is 2. The van der Waals surface area contributed by atoms with E-state index in [0.29, 0.717) is 5.13 Å². The van der Waals surface area contributed by atoms with Gasteiger partial charge >= 0.3 is 6.03 Å². The van der Waals surface area contributed by atoms with Gasteiger partial charge in [-0.2, -0.15) is 0 Å². The van der Waals surface area contributed by atoms with Crippen LogP contribution in [0.3, 0.4) is 0 Å². The van der Waals surface area contributed by atoms with Crippen LogP contribution in [0, 0.1) is 0 Å². The summed E-state index contributed by atoms with van der Waals surface area (Å²) < 4.78 is 0. The van der Waals surface area contributed by atoms with E-state index in [9.17, 15) is 9.59 Å². The lowest BCUT2D eigenvalue weighted by atomic mass is 10.6. The average molecular weight is 183 g/mol. The number of amides is 3. The Morgan fingerprint density at radius 3 is 2.92 bits per heavy atom. The number of anilines is 1. The Balaban J connectivity index is 2.26. The minimum atomic E-state index is -0.394. The largest absolute Gasteiger partial charge is 0.330 e. The minimum absolute atomic E-state index is 0.0757. The quantitative estimate of drug-likeness (QED) is 0.632. The van der Waals surface area contributed by atoms with Crippen molar-refractivity contribution in [1.82, 2.24) is 10.3 Å². The van der Waals surface area contributed by atoms with Crippen LogP contribution in [0.25, 0.3) is 0 Å². The Morgan fingerprint density at radius 2 is 2.42 bits per heavy atom. The van der Waals surface area contributed by atoms with E-state index in [1.165, 1.54) is 16.2 Å². The molecule has 5 nitrogen and oxygen atoms in total. The Hall–Kier alpha value is -1.43. The van der Waals surface area contributed by atoms with Gasteiger partial charge in [-0.1, -0.05) is 0 Å². The first-order valence-corrected chi connectivity index (χ1v) is 4.16. The smallest absolute Gasteiger partial charge is 0.276 e. The van der Waals surface area contributed by atoms with Gasteiger partial charge in [0.1, 0.15) is 6.54 Å². The van der Waals surface area contributed by atoms with Crippen molar-refractivity contribution in [3.8, 4) is 0 Å². The van der Waals surface area contributed by atoms with E-state index in [1.807, 2.05) is 0 Å². The summed E-state index contributed by atoms with van der Waals surface area (Å²) in [5.74, 6) is -0.282. The van der Waals surface area contributed by atoms with Gasteiger partial charge in [0.25, 0.3) is 0 Å². The van der Waals surface area contributed by atoms with Gasteiger partial charge in [0.15, 0.2) is 5.13 Å². The number of hydrogen-bond donors (Lipinski definition) is 1. The third-order valence-corrected chi connectivity index (χ3v) is 2.24. The van der Waals surface area contributed by atoms with Crippen molar-refractivity contribution in [2.24, 2.45) is 0 Å². The van der Waals surface area contributed by atoms with Crippen LogP contribution in [0.15, 0.2) is 11.6 Å². The lowest BCUT2D eigenvalue weighted by Gasteiger charge is -2.06. The van der Waals surface area contributed by atoms with Crippen molar-refractivity contribution in [2.75, 3.05) is 11.4 Å². The minimum Gasteiger partial charge on any atom is -0.276 e. The van der Waals surface area contributed by atoms with Crippen LogP contribution < -0.4 is 10.2 Å². The van der Waals surface area contributed by atoms with Gasteiger partial charge in [-0.05, 0) is 0 Å². The highest BCUT2D eigenvalue weighted by Crippen LogP contribution is 2.18. The van der Waals surface area contributed by atoms with Crippen LogP contribution in [0.5, 0.6) is 0 Å². The molecule has 0 atom stereocenters. The molecule has 0 saturated carbocycles. The Morgan fingerprint density at radius 1 is 1.58 bits per heavy atom. The summed E-state index contributed by atoms with van der Waals surface area (Å²) in [6.45, 7) is 0.0757. The van der Waals surface area contributed by atoms with E-state index < -0.39 is 6.03 Å². The van der Waals surface area contributed by atoms with Crippen LogP contribution in [-0.4, -0.2) is 23.5 Å². The number of imide groups is 1. The molecule has 0 aromatic carbocycles. The standard InChI is InChI=1S/C6H5N3O2S/c10-4-3-9(5(11)8-4)6-7-1-2-12-6/h1-2H,3H2,(H,8,10,11). The Bertz CT molecular complexity index is 322. The number of carbonyl (C=O) groups is 2. The molecule has 2 rings (SSSR count). The van der Waals surface area contributed by atoms with Gasteiger partial charge in [-0.3, -0.25) is 15.0 Å². The number of hydrogen-bond acceptors (Lipinski definition) is 4. The zero-order chi connectivity index (χ0) is 8.55. The van der Waals surface area contributed by atoms with Gasteiger partial charge in [-0.15, -0.1) is 11.3 Å². The second-order valence-corrected chi connectivity index (χ2v) is 3.13. The average Bonchev–Trinajstić information content (AvgIpc) is 2.58. The summed E-state index contributed by atoms with van der Waals surface area (Å²) in [5, 5.41) is 4.48. The highest BCUT2D eigenvalue weighted by atomic mass is 32.1. The van der Waals surface area contributed by atoms with Gasteiger partial charge in [0.05, 0.1) is 0 Å². The topological polar surface area (TPSA) is 62.3 Å². The van der Waals surface area contributed by atoms with E-state index >= 15 is 0 Å². The Kier molecular flexibility index (Phi) is 1.54. The molecule has 0 unspecified atom stereocenters. The van der Waals surface area contributed by atoms with Crippen molar-refractivity contribution in [3.63, 3.8) is 0 Å². The molecule has 1 aliphatic heterocycles. The third-order valence-electron chi connectivity index (χ3n) is 1.44. The highest BCUT2D eigenvalue weighted by Gasteiger charge is 2.29. The number of thiazole rings is 1. The lowest BCUT2D eigenvalue weighted by Crippen LogP contribution is -2.27. The maximum absolute atomic E-state index is 11.0. The molecule has 0 spiro atoms. The van der Waals surface area contributed by atoms with E-state index in [1.54, 1.807) is 11.6 Å². The summed E-state index contributed by atoms with van der Waals surface area (Å²) in [5.41, 5.74) is 0. The second kappa shape index (κ2) is 2.56. The molecule has 1 fully saturated rings. The Labute approximate surface area is 72.0 Å². The van der Waals surface area contributed by atoms with Crippen LogP contribution in [0.2, 0.25) is 0 Å². The van der Waals surface area contributed by atoms with E-state index in [0.717, 1.165) is 0 Å². The number of rotatable bonds is 1. The molecule has 1 N–H and O–H groups in total. The third kappa shape index (κ3) is 1.06. The van der Waals surface area contributed by atoms with Crippen molar-refractivity contribution >= 4 is 28.4 Å².